The van der Waals surface area contributed by atoms with Gasteiger partial charge in [-0.15, -0.1) is 0 Å². The maximum atomic E-state index is 12.3. The normalized spacial score (nSPS) is 16.1. The highest BCUT2D eigenvalue weighted by Crippen LogP contribution is 2.46. The summed E-state index contributed by atoms with van der Waals surface area (Å²) in [4.78, 5) is 18.0. The average molecular weight is 255 g/mol. The minimum absolute atomic E-state index is 0.148. The molecule has 1 saturated carbocycles. The Morgan fingerprint density at radius 1 is 1.53 bits per heavy atom. The number of carbonyl (C=O) groups excluding carboxylic acids is 1. The molecule has 1 fully saturated rings. The molecule has 96 valence electrons. The van der Waals surface area contributed by atoms with Gasteiger partial charge in [0.15, 0.2) is 11.5 Å². The lowest BCUT2D eigenvalue weighted by Gasteiger charge is -2.19. The van der Waals surface area contributed by atoms with E-state index in [-0.39, 0.29) is 5.91 Å². The third kappa shape index (κ3) is 1.76. The average Bonchev–Trinajstić information content (AvgIpc) is 3.12. The van der Waals surface area contributed by atoms with Crippen molar-refractivity contribution in [1.82, 2.24) is 4.98 Å². The summed E-state index contributed by atoms with van der Waals surface area (Å²) >= 11 is 0. The largest absolute Gasteiger partial charge is 0.441 e. The van der Waals surface area contributed by atoms with E-state index in [1.165, 1.54) is 4.90 Å². The summed E-state index contributed by atoms with van der Waals surface area (Å²) in [5.41, 5.74) is 1.33. The topological polar surface area (TPSA) is 70.1 Å². The van der Waals surface area contributed by atoms with Crippen molar-refractivity contribution in [3.05, 3.63) is 24.1 Å². The third-order valence-electron chi connectivity index (χ3n) is 3.54. The van der Waals surface area contributed by atoms with Crippen LogP contribution >= 0.6 is 0 Å². The molecule has 1 heterocycles. The Morgan fingerprint density at radius 2 is 2.26 bits per heavy atom. The van der Waals surface area contributed by atoms with Crippen LogP contribution in [0.5, 0.6) is 0 Å². The van der Waals surface area contributed by atoms with Crippen LogP contribution in [0.3, 0.4) is 0 Å². The predicted molar refractivity (Wildman–Crippen MR) is 69.4 cm³/mol. The van der Waals surface area contributed by atoms with Gasteiger partial charge in [0.2, 0.25) is 5.91 Å². The number of carbonyl (C=O) groups is 1. The van der Waals surface area contributed by atoms with Crippen LogP contribution in [-0.4, -0.2) is 17.9 Å². The molecule has 1 amide bonds. The lowest BCUT2D eigenvalue weighted by atomic mass is 10.1. The number of fused-ring (bicyclic) bond motifs is 1. The van der Waals surface area contributed by atoms with Crippen molar-refractivity contribution in [2.45, 2.75) is 19.8 Å². The smallest absolute Gasteiger partial charge is 0.247 e. The predicted octanol–water partition coefficient (Wildman–Crippen LogP) is 2.40. The van der Waals surface area contributed by atoms with E-state index in [2.05, 4.69) is 11.1 Å². The zero-order chi connectivity index (χ0) is 13.6. The van der Waals surface area contributed by atoms with E-state index in [9.17, 15) is 4.79 Å². The Balaban J connectivity index is 1.95. The second kappa shape index (κ2) is 3.82. The molecule has 3 rings (SSSR count). The van der Waals surface area contributed by atoms with Gasteiger partial charge in [-0.3, -0.25) is 4.79 Å². The number of anilines is 1. The second-order valence-corrected chi connectivity index (χ2v) is 4.94. The first kappa shape index (κ1) is 11.7. The van der Waals surface area contributed by atoms with E-state index in [1.54, 1.807) is 20.0 Å². The zero-order valence-corrected chi connectivity index (χ0v) is 10.8. The van der Waals surface area contributed by atoms with Gasteiger partial charge in [0.1, 0.15) is 10.9 Å². The Kier molecular flexibility index (Phi) is 2.36. The molecule has 0 N–H and O–H groups in total. The summed E-state index contributed by atoms with van der Waals surface area (Å²) < 4.78 is 5.45. The van der Waals surface area contributed by atoms with E-state index in [4.69, 9.17) is 9.68 Å². The number of oxazole rings is 1. The van der Waals surface area contributed by atoms with Crippen LogP contribution in [0.1, 0.15) is 18.7 Å². The van der Waals surface area contributed by atoms with E-state index >= 15 is 0 Å². The Labute approximate surface area is 110 Å². The molecule has 0 radical (unpaired) electrons. The molecular formula is C14H13N3O2. The van der Waals surface area contributed by atoms with Crippen LogP contribution < -0.4 is 4.90 Å². The van der Waals surface area contributed by atoms with Crippen molar-refractivity contribution in [1.29, 1.82) is 5.26 Å². The molecule has 1 aromatic heterocycles. The van der Waals surface area contributed by atoms with E-state index in [1.807, 2.05) is 12.1 Å². The number of hydrogen-bond donors (Lipinski definition) is 0. The molecule has 1 aliphatic carbocycles. The highest BCUT2D eigenvalue weighted by molar-refractivity contribution is 6.01. The SMILES string of the molecule is Cc1nc2ccc(N(C)C(=O)C3(C#N)CC3)cc2o1. The molecule has 0 unspecified atom stereocenters. The van der Waals surface area contributed by atoms with Crippen LogP contribution in [0.2, 0.25) is 0 Å². The van der Waals surface area contributed by atoms with Gasteiger partial charge in [0.25, 0.3) is 0 Å². The lowest BCUT2D eigenvalue weighted by molar-refractivity contribution is -0.121. The number of benzene rings is 1. The quantitative estimate of drug-likeness (QED) is 0.826. The molecule has 1 aliphatic rings. The van der Waals surface area contributed by atoms with Crippen molar-refractivity contribution < 1.29 is 9.21 Å². The molecule has 0 spiro atoms. The molecule has 0 saturated heterocycles. The molecule has 5 heteroatoms. The first-order valence-corrected chi connectivity index (χ1v) is 6.12. The summed E-state index contributed by atoms with van der Waals surface area (Å²) in [5.74, 6) is 0.447. The molecule has 0 atom stereocenters. The first-order valence-electron chi connectivity index (χ1n) is 6.12. The van der Waals surface area contributed by atoms with Gasteiger partial charge in [-0.2, -0.15) is 5.26 Å². The van der Waals surface area contributed by atoms with Crippen molar-refractivity contribution in [2.75, 3.05) is 11.9 Å². The van der Waals surface area contributed by atoms with Crippen LogP contribution in [0.15, 0.2) is 22.6 Å². The van der Waals surface area contributed by atoms with Gasteiger partial charge >= 0.3 is 0 Å². The Morgan fingerprint density at radius 3 is 2.89 bits per heavy atom. The molecule has 19 heavy (non-hydrogen) atoms. The van der Waals surface area contributed by atoms with E-state index in [0.717, 1.165) is 11.2 Å². The van der Waals surface area contributed by atoms with Crippen molar-refractivity contribution in [3.63, 3.8) is 0 Å². The minimum Gasteiger partial charge on any atom is -0.441 e. The summed E-state index contributed by atoms with van der Waals surface area (Å²) in [6, 6.07) is 7.53. The number of rotatable bonds is 2. The fourth-order valence-corrected chi connectivity index (χ4v) is 2.17. The van der Waals surface area contributed by atoms with E-state index in [0.29, 0.717) is 24.3 Å². The Bertz CT molecular complexity index is 707. The maximum absolute atomic E-state index is 12.3. The first-order chi connectivity index (χ1) is 9.05. The van der Waals surface area contributed by atoms with Crippen molar-refractivity contribution in [2.24, 2.45) is 5.41 Å². The van der Waals surface area contributed by atoms with Crippen molar-refractivity contribution >= 4 is 22.7 Å². The summed E-state index contributed by atoms with van der Waals surface area (Å²) in [6.45, 7) is 1.78. The minimum atomic E-state index is -0.805. The van der Waals surface area contributed by atoms with Crippen LogP contribution in [0, 0.1) is 23.7 Å². The summed E-state index contributed by atoms with van der Waals surface area (Å²) in [6.07, 6.45) is 1.30. The third-order valence-corrected chi connectivity index (χ3v) is 3.54. The fourth-order valence-electron chi connectivity index (χ4n) is 2.17. The summed E-state index contributed by atoms with van der Waals surface area (Å²) in [7, 11) is 1.68. The van der Waals surface area contributed by atoms with Gasteiger partial charge < -0.3 is 9.32 Å². The maximum Gasteiger partial charge on any atom is 0.247 e. The molecule has 5 nitrogen and oxygen atoms in total. The fraction of sp³-hybridized carbons (Fsp3) is 0.357. The van der Waals surface area contributed by atoms with Crippen LogP contribution in [0.4, 0.5) is 5.69 Å². The van der Waals surface area contributed by atoms with Gasteiger partial charge in [-0.05, 0) is 25.0 Å². The number of nitriles is 1. The van der Waals surface area contributed by atoms with Crippen LogP contribution in [-0.2, 0) is 4.79 Å². The van der Waals surface area contributed by atoms with E-state index < -0.39 is 5.41 Å². The lowest BCUT2D eigenvalue weighted by Crippen LogP contribution is -2.33. The number of aryl methyl sites for hydroxylation is 1. The molecule has 0 aliphatic heterocycles. The molecule has 0 bridgehead atoms. The van der Waals surface area contributed by atoms with Gasteiger partial charge in [-0.1, -0.05) is 0 Å². The molecular weight excluding hydrogens is 242 g/mol. The number of nitrogens with zero attached hydrogens (tertiary/aromatic N) is 3. The molecule has 1 aromatic carbocycles. The second-order valence-electron chi connectivity index (χ2n) is 4.94. The molecule has 2 aromatic rings. The van der Waals surface area contributed by atoms with Gasteiger partial charge in [0, 0.05) is 25.7 Å². The van der Waals surface area contributed by atoms with Crippen molar-refractivity contribution in [3.8, 4) is 6.07 Å². The number of amides is 1. The van der Waals surface area contributed by atoms with Gasteiger partial charge in [-0.25, -0.2) is 4.98 Å². The number of aromatic nitrogens is 1. The highest BCUT2D eigenvalue weighted by Gasteiger charge is 2.52. The standard InChI is InChI=1S/C14H13N3O2/c1-9-16-11-4-3-10(7-12(11)19-9)17(2)13(18)14(8-15)5-6-14/h3-4,7H,5-6H2,1-2H3. The Hall–Kier alpha value is -2.35. The monoisotopic (exact) mass is 255 g/mol. The highest BCUT2D eigenvalue weighted by atomic mass is 16.3. The zero-order valence-electron chi connectivity index (χ0n) is 10.8. The number of hydrogen-bond acceptors (Lipinski definition) is 4. The van der Waals surface area contributed by atoms with Crippen LogP contribution in [0.25, 0.3) is 11.1 Å². The summed E-state index contributed by atoms with van der Waals surface area (Å²) in [5, 5.41) is 9.07. The van der Waals surface area contributed by atoms with Gasteiger partial charge in [0.05, 0.1) is 6.07 Å².